The number of carbonyl (C=O) groups is 2. The Hall–Kier alpha value is -2.94. The Morgan fingerprint density at radius 3 is 2.42 bits per heavy atom. The molecule has 0 aliphatic heterocycles. The van der Waals surface area contributed by atoms with Crippen molar-refractivity contribution >= 4 is 12.1 Å². The zero-order valence-corrected chi connectivity index (χ0v) is 13.2. The molecule has 3 rings (SSSR count). The van der Waals surface area contributed by atoms with Crippen LogP contribution in [0.4, 0.5) is 0 Å². The summed E-state index contributed by atoms with van der Waals surface area (Å²) in [5, 5.41) is 0. The highest BCUT2D eigenvalue weighted by molar-refractivity contribution is 6.09. The van der Waals surface area contributed by atoms with Crippen LogP contribution in [0.25, 0.3) is 0 Å². The third-order valence-corrected chi connectivity index (χ3v) is 4.09. The van der Waals surface area contributed by atoms with Gasteiger partial charge in [0, 0.05) is 23.5 Å². The number of ketones is 1. The molecule has 0 saturated heterocycles. The van der Waals surface area contributed by atoms with Crippen molar-refractivity contribution in [3.05, 3.63) is 95.4 Å². The Kier molecular flexibility index (Phi) is 5.02. The number of hydrogen-bond donors (Lipinski definition) is 0. The fourth-order valence-electron chi connectivity index (χ4n) is 2.87. The zero-order chi connectivity index (χ0) is 16.8. The first-order chi connectivity index (χ1) is 11.8. The second-order valence-corrected chi connectivity index (χ2v) is 5.67. The summed E-state index contributed by atoms with van der Waals surface area (Å²) in [6, 6.07) is 20.5. The van der Waals surface area contributed by atoms with Crippen molar-refractivity contribution < 1.29 is 14.0 Å². The molecule has 3 nitrogen and oxygen atoms in total. The molecule has 0 unspecified atom stereocenters. The molecule has 3 aromatic rings. The molecule has 3 heteroatoms. The molecule has 0 aliphatic carbocycles. The molecule has 1 atom stereocenters. The second-order valence-electron chi connectivity index (χ2n) is 5.67. The van der Waals surface area contributed by atoms with Crippen molar-refractivity contribution in [2.45, 2.75) is 18.8 Å². The summed E-state index contributed by atoms with van der Waals surface area (Å²) in [6.45, 7) is 0. The largest absolute Gasteiger partial charge is 0.469 e. The minimum atomic E-state index is -0.0674. The van der Waals surface area contributed by atoms with Crippen molar-refractivity contribution in [2.75, 3.05) is 0 Å². The maximum atomic E-state index is 12.8. The molecule has 0 radical (unpaired) electrons. The third kappa shape index (κ3) is 3.51. The second kappa shape index (κ2) is 7.55. The van der Waals surface area contributed by atoms with E-state index in [-0.39, 0.29) is 11.7 Å². The smallest absolute Gasteiger partial charge is 0.193 e. The molecule has 0 saturated carbocycles. The zero-order valence-electron chi connectivity index (χ0n) is 13.2. The molecular weight excluding hydrogens is 300 g/mol. The van der Waals surface area contributed by atoms with E-state index < -0.39 is 0 Å². The van der Waals surface area contributed by atoms with Gasteiger partial charge < -0.3 is 9.21 Å². The topological polar surface area (TPSA) is 47.3 Å². The van der Waals surface area contributed by atoms with Crippen LogP contribution in [-0.4, -0.2) is 12.1 Å². The first kappa shape index (κ1) is 15.9. The lowest BCUT2D eigenvalue weighted by molar-refractivity contribution is -0.108. The Morgan fingerprint density at radius 2 is 1.71 bits per heavy atom. The number of aldehydes is 1. The summed E-state index contributed by atoms with van der Waals surface area (Å²) in [4.78, 5) is 23.8. The minimum Gasteiger partial charge on any atom is -0.469 e. The van der Waals surface area contributed by atoms with Crippen LogP contribution in [0.5, 0.6) is 0 Å². The number of benzene rings is 2. The van der Waals surface area contributed by atoms with Crippen LogP contribution in [-0.2, 0) is 11.2 Å². The SMILES string of the molecule is O=CC[C@H](Cc1ccccc1C(=O)c1ccccc1)c1ccco1. The predicted molar refractivity (Wildman–Crippen MR) is 92.2 cm³/mol. The first-order valence-corrected chi connectivity index (χ1v) is 7.94. The van der Waals surface area contributed by atoms with Gasteiger partial charge in [-0.3, -0.25) is 4.79 Å². The van der Waals surface area contributed by atoms with E-state index in [0.717, 1.165) is 17.6 Å². The van der Waals surface area contributed by atoms with Crippen LogP contribution >= 0.6 is 0 Å². The lowest BCUT2D eigenvalue weighted by Gasteiger charge is -2.14. The number of furan rings is 1. The van der Waals surface area contributed by atoms with Crippen LogP contribution in [0.1, 0.15) is 39.6 Å². The molecule has 0 spiro atoms. The summed E-state index contributed by atoms with van der Waals surface area (Å²) in [7, 11) is 0. The van der Waals surface area contributed by atoms with E-state index in [4.69, 9.17) is 4.42 Å². The Balaban J connectivity index is 1.91. The molecule has 0 bridgehead atoms. The van der Waals surface area contributed by atoms with Crippen LogP contribution in [0.3, 0.4) is 0 Å². The molecular formula is C21H18O3. The van der Waals surface area contributed by atoms with E-state index in [1.54, 1.807) is 6.26 Å². The van der Waals surface area contributed by atoms with E-state index in [9.17, 15) is 9.59 Å². The maximum Gasteiger partial charge on any atom is 0.193 e. The maximum absolute atomic E-state index is 12.8. The van der Waals surface area contributed by atoms with Gasteiger partial charge in [0.1, 0.15) is 12.0 Å². The molecule has 24 heavy (non-hydrogen) atoms. The quantitative estimate of drug-likeness (QED) is 0.478. The molecule has 2 aromatic carbocycles. The van der Waals surface area contributed by atoms with Gasteiger partial charge in [-0.1, -0.05) is 54.6 Å². The Labute approximate surface area is 140 Å². The summed E-state index contributed by atoms with van der Waals surface area (Å²) < 4.78 is 5.46. The molecule has 0 amide bonds. The summed E-state index contributed by atoms with van der Waals surface area (Å²) in [5.41, 5.74) is 2.26. The molecule has 0 aliphatic rings. The van der Waals surface area contributed by atoms with Crippen LogP contribution in [0.15, 0.2) is 77.4 Å². The number of rotatable bonds is 7. The highest BCUT2D eigenvalue weighted by Crippen LogP contribution is 2.26. The highest BCUT2D eigenvalue weighted by atomic mass is 16.3. The Morgan fingerprint density at radius 1 is 0.958 bits per heavy atom. The predicted octanol–water partition coefficient (Wildman–Crippen LogP) is 4.43. The lowest BCUT2D eigenvalue weighted by atomic mass is 9.89. The number of carbonyl (C=O) groups excluding carboxylic acids is 2. The van der Waals surface area contributed by atoms with Gasteiger partial charge in [-0.25, -0.2) is 0 Å². The average molecular weight is 318 g/mol. The standard InChI is InChI=1S/C21H18O3/c22-13-12-18(20-11-6-14-24-20)15-17-9-4-5-10-19(17)21(23)16-7-2-1-3-8-16/h1-11,13-14,18H,12,15H2/t18-/m1/s1. The van der Waals surface area contributed by atoms with Gasteiger partial charge in [0.05, 0.1) is 6.26 Å². The van der Waals surface area contributed by atoms with Crippen molar-refractivity contribution in [3.8, 4) is 0 Å². The molecule has 120 valence electrons. The fourth-order valence-corrected chi connectivity index (χ4v) is 2.87. The minimum absolute atomic E-state index is 0.00417. The van der Waals surface area contributed by atoms with Gasteiger partial charge in [-0.05, 0) is 24.1 Å². The van der Waals surface area contributed by atoms with E-state index in [2.05, 4.69) is 0 Å². The fraction of sp³-hybridized carbons (Fsp3) is 0.143. The van der Waals surface area contributed by atoms with Crippen molar-refractivity contribution in [3.63, 3.8) is 0 Å². The van der Waals surface area contributed by atoms with Gasteiger partial charge >= 0.3 is 0 Å². The molecule has 0 N–H and O–H groups in total. The summed E-state index contributed by atoms with van der Waals surface area (Å²) in [6.07, 6.45) is 3.45. The van der Waals surface area contributed by atoms with Gasteiger partial charge in [0.2, 0.25) is 0 Å². The van der Waals surface area contributed by atoms with Gasteiger partial charge in [-0.2, -0.15) is 0 Å². The monoisotopic (exact) mass is 318 g/mol. The van der Waals surface area contributed by atoms with E-state index in [0.29, 0.717) is 24.0 Å². The normalized spacial score (nSPS) is 11.8. The summed E-state index contributed by atoms with van der Waals surface area (Å²) >= 11 is 0. The van der Waals surface area contributed by atoms with Gasteiger partial charge in [0.15, 0.2) is 5.78 Å². The summed E-state index contributed by atoms with van der Waals surface area (Å²) in [5.74, 6) is 0.696. The molecule has 1 heterocycles. The van der Waals surface area contributed by atoms with Crippen LogP contribution in [0, 0.1) is 0 Å². The average Bonchev–Trinajstić information content (AvgIpc) is 3.16. The third-order valence-electron chi connectivity index (χ3n) is 4.09. The highest BCUT2D eigenvalue weighted by Gasteiger charge is 2.19. The van der Waals surface area contributed by atoms with E-state index in [1.165, 1.54) is 0 Å². The van der Waals surface area contributed by atoms with Crippen LogP contribution < -0.4 is 0 Å². The van der Waals surface area contributed by atoms with E-state index in [1.807, 2.05) is 66.7 Å². The van der Waals surface area contributed by atoms with Gasteiger partial charge in [-0.15, -0.1) is 0 Å². The molecule has 1 aromatic heterocycles. The molecule has 0 fully saturated rings. The van der Waals surface area contributed by atoms with Gasteiger partial charge in [0.25, 0.3) is 0 Å². The lowest BCUT2D eigenvalue weighted by Crippen LogP contribution is -2.09. The van der Waals surface area contributed by atoms with Crippen molar-refractivity contribution in [2.24, 2.45) is 0 Å². The Bertz CT molecular complexity index is 804. The first-order valence-electron chi connectivity index (χ1n) is 7.94. The number of hydrogen-bond acceptors (Lipinski definition) is 3. The van der Waals surface area contributed by atoms with Crippen molar-refractivity contribution in [1.82, 2.24) is 0 Å². The van der Waals surface area contributed by atoms with Crippen molar-refractivity contribution in [1.29, 1.82) is 0 Å². The van der Waals surface area contributed by atoms with Crippen LogP contribution in [0.2, 0.25) is 0 Å². The van der Waals surface area contributed by atoms with E-state index >= 15 is 0 Å².